The van der Waals surface area contributed by atoms with Crippen LogP contribution in [0.1, 0.15) is 25.7 Å². The molecule has 1 saturated heterocycles. The van der Waals surface area contributed by atoms with Crippen molar-refractivity contribution in [2.45, 2.75) is 31.7 Å². The SMILES string of the molecule is CN1C(=O)N(c2ccc(-c3ccccc3)cn2)CC1C1CCCC1. The summed E-state index contributed by atoms with van der Waals surface area (Å²) < 4.78 is 0. The van der Waals surface area contributed by atoms with Crippen molar-refractivity contribution < 1.29 is 4.79 Å². The maximum Gasteiger partial charge on any atom is 0.325 e. The second kappa shape index (κ2) is 6.27. The van der Waals surface area contributed by atoms with E-state index in [9.17, 15) is 4.79 Å². The maximum absolute atomic E-state index is 12.6. The number of carbonyl (C=O) groups is 1. The van der Waals surface area contributed by atoms with Crippen LogP contribution in [0.5, 0.6) is 0 Å². The van der Waals surface area contributed by atoms with Crippen LogP contribution in [-0.2, 0) is 0 Å². The summed E-state index contributed by atoms with van der Waals surface area (Å²) in [6.45, 7) is 0.762. The standard InChI is InChI=1S/C20H23N3O/c1-22-18(16-9-5-6-10-16)14-23(20(22)24)19-12-11-17(13-21-19)15-7-3-2-4-8-15/h2-4,7-8,11-13,16,18H,5-6,9-10,14H2,1H3. The van der Waals surface area contributed by atoms with Gasteiger partial charge < -0.3 is 4.90 Å². The Morgan fingerprint density at radius 2 is 1.75 bits per heavy atom. The normalized spacial score (nSPS) is 21.7. The first-order chi connectivity index (χ1) is 11.7. The summed E-state index contributed by atoms with van der Waals surface area (Å²) in [4.78, 5) is 21.0. The Labute approximate surface area is 143 Å². The first-order valence-electron chi connectivity index (χ1n) is 8.80. The summed E-state index contributed by atoms with van der Waals surface area (Å²) in [6.07, 6.45) is 6.95. The van der Waals surface area contributed by atoms with Crippen molar-refractivity contribution in [3.05, 3.63) is 48.7 Å². The molecule has 1 atom stereocenters. The average Bonchev–Trinajstić information content (AvgIpc) is 3.26. The number of aromatic nitrogens is 1. The van der Waals surface area contributed by atoms with Gasteiger partial charge in [-0.15, -0.1) is 0 Å². The predicted molar refractivity (Wildman–Crippen MR) is 95.9 cm³/mol. The molecule has 2 fully saturated rings. The smallest absolute Gasteiger partial charge is 0.322 e. The summed E-state index contributed by atoms with van der Waals surface area (Å²) in [5.41, 5.74) is 2.22. The molecule has 4 heteroatoms. The second-order valence-electron chi connectivity index (χ2n) is 6.89. The lowest BCUT2D eigenvalue weighted by Gasteiger charge is -2.23. The van der Waals surface area contributed by atoms with Gasteiger partial charge in [-0.2, -0.15) is 0 Å². The topological polar surface area (TPSA) is 36.4 Å². The van der Waals surface area contributed by atoms with Gasteiger partial charge in [-0.05, 0) is 36.5 Å². The molecule has 124 valence electrons. The van der Waals surface area contributed by atoms with Crippen LogP contribution in [0.25, 0.3) is 11.1 Å². The number of hydrogen-bond acceptors (Lipinski definition) is 2. The zero-order valence-corrected chi connectivity index (χ0v) is 14.1. The van der Waals surface area contributed by atoms with Gasteiger partial charge in [0.1, 0.15) is 5.82 Å². The van der Waals surface area contributed by atoms with Gasteiger partial charge in [0, 0.05) is 25.4 Å². The molecule has 0 radical (unpaired) electrons. The molecule has 2 heterocycles. The van der Waals surface area contributed by atoms with Crippen molar-refractivity contribution in [2.75, 3.05) is 18.5 Å². The Hall–Kier alpha value is -2.36. The van der Waals surface area contributed by atoms with Crippen LogP contribution in [0, 0.1) is 5.92 Å². The van der Waals surface area contributed by atoms with Gasteiger partial charge >= 0.3 is 6.03 Å². The molecule has 4 nitrogen and oxygen atoms in total. The van der Waals surface area contributed by atoms with Crippen LogP contribution in [-0.4, -0.2) is 35.5 Å². The summed E-state index contributed by atoms with van der Waals surface area (Å²) >= 11 is 0. The molecule has 2 aromatic rings. The molecular formula is C20H23N3O. The monoisotopic (exact) mass is 321 g/mol. The molecule has 4 rings (SSSR count). The first-order valence-corrected chi connectivity index (χ1v) is 8.80. The minimum Gasteiger partial charge on any atom is -0.322 e. The number of nitrogens with zero attached hydrogens (tertiary/aromatic N) is 3. The molecule has 24 heavy (non-hydrogen) atoms. The molecule has 1 aliphatic carbocycles. The number of likely N-dealkylation sites (N-methyl/N-ethyl adjacent to an activating group) is 1. The summed E-state index contributed by atoms with van der Waals surface area (Å²) in [7, 11) is 1.93. The van der Waals surface area contributed by atoms with Crippen molar-refractivity contribution in [3.63, 3.8) is 0 Å². The molecule has 2 amide bonds. The first kappa shape index (κ1) is 15.2. The van der Waals surface area contributed by atoms with Gasteiger partial charge in [0.2, 0.25) is 0 Å². The van der Waals surface area contributed by atoms with E-state index in [1.165, 1.54) is 25.7 Å². The lowest BCUT2D eigenvalue weighted by atomic mass is 9.98. The van der Waals surface area contributed by atoms with E-state index in [1.54, 1.807) is 0 Å². The second-order valence-corrected chi connectivity index (χ2v) is 6.89. The van der Waals surface area contributed by atoms with Crippen molar-refractivity contribution in [1.29, 1.82) is 0 Å². The van der Waals surface area contributed by atoms with Crippen LogP contribution >= 0.6 is 0 Å². The van der Waals surface area contributed by atoms with Crippen molar-refractivity contribution >= 4 is 11.8 Å². The minimum atomic E-state index is 0.0758. The Morgan fingerprint density at radius 1 is 1.00 bits per heavy atom. The summed E-state index contributed by atoms with van der Waals surface area (Å²) in [5, 5.41) is 0. The van der Waals surface area contributed by atoms with E-state index in [2.05, 4.69) is 17.1 Å². The molecule has 1 aromatic carbocycles. The molecule has 0 bridgehead atoms. The van der Waals surface area contributed by atoms with E-state index in [-0.39, 0.29) is 6.03 Å². The van der Waals surface area contributed by atoms with E-state index in [0.717, 1.165) is 23.5 Å². The highest BCUT2D eigenvalue weighted by molar-refractivity contribution is 5.93. The minimum absolute atomic E-state index is 0.0758. The van der Waals surface area contributed by atoms with E-state index >= 15 is 0 Å². The van der Waals surface area contributed by atoms with Gasteiger partial charge in [0.05, 0.1) is 6.04 Å². The largest absolute Gasteiger partial charge is 0.325 e. The molecule has 1 unspecified atom stereocenters. The summed E-state index contributed by atoms with van der Waals surface area (Å²) in [6, 6.07) is 14.6. The third-order valence-corrected chi connectivity index (χ3v) is 5.48. The zero-order valence-electron chi connectivity index (χ0n) is 14.1. The highest BCUT2D eigenvalue weighted by Crippen LogP contribution is 2.34. The third-order valence-electron chi connectivity index (χ3n) is 5.48. The third kappa shape index (κ3) is 2.66. The van der Waals surface area contributed by atoms with E-state index < -0.39 is 0 Å². The number of amides is 2. The van der Waals surface area contributed by atoms with Gasteiger partial charge in [0.15, 0.2) is 0 Å². The Bertz CT molecular complexity index is 707. The fourth-order valence-corrected chi connectivity index (χ4v) is 4.07. The highest BCUT2D eigenvalue weighted by atomic mass is 16.2. The molecule has 1 aliphatic heterocycles. The lowest BCUT2D eigenvalue weighted by Crippen LogP contribution is -2.35. The zero-order chi connectivity index (χ0) is 16.5. The number of anilines is 1. The number of carbonyl (C=O) groups excluding carboxylic acids is 1. The number of hydrogen-bond donors (Lipinski definition) is 0. The molecular weight excluding hydrogens is 298 g/mol. The quantitative estimate of drug-likeness (QED) is 0.850. The van der Waals surface area contributed by atoms with Crippen molar-refractivity contribution in [1.82, 2.24) is 9.88 Å². The predicted octanol–water partition coefficient (Wildman–Crippen LogP) is 4.18. The van der Waals surface area contributed by atoms with Gasteiger partial charge in [0.25, 0.3) is 0 Å². The lowest BCUT2D eigenvalue weighted by molar-refractivity contribution is 0.202. The Balaban J connectivity index is 1.54. The van der Waals surface area contributed by atoms with Crippen molar-refractivity contribution in [3.8, 4) is 11.1 Å². The van der Waals surface area contributed by atoms with Crippen LogP contribution in [0.3, 0.4) is 0 Å². The maximum atomic E-state index is 12.6. The molecule has 1 saturated carbocycles. The Kier molecular flexibility index (Phi) is 3.97. The van der Waals surface area contributed by atoms with Crippen LogP contribution in [0.2, 0.25) is 0 Å². The number of urea groups is 1. The van der Waals surface area contributed by atoms with E-state index in [4.69, 9.17) is 0 Å². The average molecular weight is 321 g/mol. The van der Waals surface area contributed by atoms with Crippen molar-refractivity contribution in [2.24, 2.45) is 5.92 Å². The number of benzene rings is 1. The molecule has 0 spiro atoms. The number of pyridine rings is 1. The van der Waals surface area contributed by atoms with Crippen LogP contribution in [0.15, 0.2) is 48.7 Å². The van der Waals surface area contributed by atoms with Gasteiger partial charge in [-0.25, -0.2) is 9.78 Å². The molecule has 0 N–H and O–H groups in total. The molecule has 2 aliphatic rings. The van der Waals surface area contributed by atoms with E-state index in [1.807, 2.05) is 53.4 Å². The molecule has 1 aromatic heterocycles. The fourth-order valence-electron chi connectivity index (χ4n) is 4.07. The fraction of sp³-hybridized carbons (Fsp3) is 0.400. The van der Waals surface area contributed by atoms with Crippen LogP contribution < -0.4 is 4.90 Å². The van der Waals surface area contributed by atoms with Gasteiger partial charge in [-0.3, -0.25) is 4.90 Å². The summed E-state index contributed by atoms with van der Waals surface area (Å²) in [5.74, 6) is 1.40. The van der Waals surface area contributed by atoms with Crippen LogP contribution in [0.4, 0.5) is 10.6 Å². The van der Waals surface area contributed by atoms with E-state index in [0.29, 0.717) is 12.0 Å². The number of rotatable bonds is 3. The highest BCUT2D eigenvalue weighted by Gasteiger charge is 2.40. The Morgan fingerprint density at radius 3 is 2.42 bits per heavy atom. The van der Waals surface area contributed by atoms with Gasteiger partial charge in [-0.1, -0.05) is 43.2 Å².